The zero-order chi connectivity index (χ0) is 13.1. The van der Waals surface area contributed by atoms with Crippen molar-refractivity contribution in [2.75, 3.05) is 11.9 Å². The quantitative estimate of drug-likeness (QED) is 0.933. The van der Waals surface area contributed by atoms with Gasteiger partial charge in [0.1, 0.15) is 0 Å². The van der Waals surface area contributed by atoms with E-state index in [1.807, 2.05) is 35.0 Å². The van der Waals surface area contributed by atoms with Crippen LogP contribution in [0.15, 0.2) is 29.1 Å². The number of halogens is 1. The Balaban J connectivity index is 2.17. The topological polar surface area (TPSA) is 36.4 Å². The van der Waals surface area contributed by atoms with Gasteiger partial charge in [-0.05, 0) is 24.6 Å². The molecule has 96 valence electrons. The molecular formula is C13H15ClN2OS. The molecule has 0 aliphatic rings. The van der Waals surface area contributed by atoms with Gasteiger partial charge in [0.2, 0.25) is 0 Å². The Morgan fingerprint density at radius 2 is 2.28 bits per heavy atom. The fourth-order valence-electron chi connectivity index (χ4n) is 1.74. The van der Waals surface area contributed by atoms with Crippen LogP contribution in [0.5, 0.6) is 0 Å². The lowest BCUT2D eigenvalue weighted by Crippen LogP contribution is -2.17. The van der Waals surface area contributed by atoms with E-state index in [4.69, 9.17) is 11.6 Å². The highest BCUT2D eigenvalue weighted by Gasteiger charge is 2.10. The Hall–Kier alpha value is -1.10. The van der Waals surface area contributed by atoms with E-state index in [0.29, 0.717) is 5.02 Å². The van der Waals surface area contributed by atoms with E-state index in [-0.39, 0.29) is 0 Å². The van der Waals surface area contributed by atoms with Crippen LogP contribution < -0.4 is 4.90 Å². The molecule has 5 heteroatoms. The smallest absolute Gasteiger partial charge is 0.0795 e. The molecule has 0 saturated heterocycles. The molecule has 0 radical (unpaired) electrons. The van der Waals surface area contributed by atoms with Gasteiger partial charge in [-0.2, -0.15) is 0 Å². The number of hydrogen-bond donors (Lipinski definition) is 1. The molecule has 0 aliphatic heterocycles. The van der Waals surface area contributed by atoms with E-state index >= 15 is 0 Å². The van der Waals surface area contributed by atoms with Gasteiger partial charge >= 0.3 is 0 Å². The van der Waals surface area contributed by atoms with Gasteiger partial charge in [0.15, 0.2) is 0 Å². The van der Waals surface area contributed by atoms with Crippen LogP contribution in [0, 0.1) is 0 Å². The number of aliphatic hydroxyl groups excluding tert-OH is 1. The average molecular weight is 283 g/mol. The number of aliphatic hydroxyl groups is 1. The maximum Gasteiger partial charge on any atom is 0.0795 e. The number of thiazole rings is 1. The second-order valence-electron chi connectivity index (χ2n) is 4.22. The molecule has 1 unspecified atom stereocenters. The van der Waals surface area contributed by atoms with Crippen LogP contribution in [0.2, 0.25) is 5.02 Å². The first-order valence-electron chi connectivity index (χ1n) is 5.63. The van der Waals surface area contributed by atoms with Gasteiger partial charge in [-0.1, -0.05) is 17.7 Å². The van der Waals surface area contributed by atoms with Crippen LogP contribution in [0.25, 0.3) is 0 Å². The van der Waals surface area contributed by atoms with Crippen molar-refractivity contribution in [2.45, 2.75) is 19.6 Å². The van der Waals surface area contributed by atoms with Gasteiger partial charge in [0.25, 0.3) is 0 Å². The maximum atomic E-state index is 9.50. The fraction of sp³-hybridized carbons (Fsp3) is 0.308. The largest absolute Gasteiger partial charge is 0.389 e. The molecule has 1 N–H and O–H groups in total. The molecule has 0 bridgehead atoms. The molecule has 1 aromatic heterocycles. The standard InChI is InChI=1S/C13H15ClN2OS/c1-9(17)10-3-4-13(12(14)5-10)16(2)6-11-7-18-8-15-11/h3-5,7-9,17H,6H2,1-2H3. The van der Waals surface area contributed by atoms with Crippen molar-refractivity contribution in [3.8, 4) is 0 Å². The van der Waals surface area contributed by atoms with Crippen molar-refractivity contribution in [3.63, 3.8) is 0 Å². The monoisotopic (exact) mass is 282 g/mol. The average Bonchev–Trinajstić information content (AvgIpc) is 2.81. The Labute approximate surface area is 116 Å². The minimum atomic E-state index is -0.500. The minimum absolute atomic E-state index is 0.500. The summed E-state index contributed by atoms with van der Waals surface area (Å²) in [5.41, 5.74) is 4.61. The molecule has 1 heterocycles. The SMILES string of the molecule is CC(O)c1ccc(N(C)Cc2cscn2)c(Cl)c1. The van der Waals surface area contributed by atoms with Crippen molar-refractivity contribution in [3.05, 3.63) is 45.4 Å². The second-order valence-corrected chi connectivity index (χ2v) is 5.35. The number of rotatable bonds is 4. The fourth-order valence-corrected chi connectivity index (χ4v) is 2.62. The summed E-state index contributed by atoms with van der Waals surface area (Å²) in [4.78, 5) is 6.30. The van der Waals surface area contributed by atoms with Crippen LogP contribution in [-0.4, -0.2) is 17.1 Å². The Morgan fingerprint density at radius 3 is 2.83 bits per heavy atom. The Morgan fingerprint density at radius 1 is 1.50 bits per heavy atom. The molecule has 3 nitrogen and oxygen atoms in total. The summed E-state index contributed by atoms with van der Waals surface area (Å²) < 4.78 is 0. The molecule has 0 saturated carbocycles. The zero-order valence-corrected chi connectivity index (χ0v) is 11.9. The second kappa shape index (κ2) is 5.69. The van der Waals surface area contributed by atoms with Crippen molar-refractivity contribution >= 4 is 28.6 Å². The molecule has 1 atom stereocenters. The number of aromatic nitrogens is 1. The van der Waals surface area contributed by atoms with Gasteiger partial charge in [-0.25, -0.2) is 4.98 Å². The summed E-state index contributed by atoms with van der Waals surface area (Å²) in [5, 5.41) is 12.2. The van der Waals surface area contributed by atoms with E-state index in [9.17, 15) is 5.11 Å². The summed E-state index contributed by atoms with van der Waals surface area (Å²) in [6.07, 6.45) is -0.500. The van der Waals surface area contributed by atoms with E-state index < -0.39 is 6.10 Å². The molecule has 2 aromatic rings. The lowest BCUT2D eigenvalue weighted by atomic mass is 10.1. The van der Waals surface area contributed by atoms with Crippen molar-refractivity contribution in [1.82, 2.24) is 4.98 Å². The third kappa shape index (κ3) is 3.02. The number of anilines is 1. The van der Waals surface area contributed by atoms with Crippen molar-refractivity contribution in [2.24, 2.45) is 0 Å². The predicted octanol–water partition coefficient (Wildman–Crippen LogP) is 3.49. The third-order valence-electron chi connectivity index (χ3n) is 2.75. The third-order valence-corrected chi connectivity index (χ3v) is 3.69. The van der Waals surface area contributed by atoms with Crippen LogP contribution in [0.1, 0.15) is 24.3 Å². The Kier molecular flexibility index (Phi) is 4.22. The first-order chi connectivity index (χ1) is 8.58. The summed E-state index contributed by atoms with van der Waals surface area (Å²) in [6, 6.07) is 5.62. The van der Waals surface area contributed by atoms with Gasteiger partial charge in [0.05, 0.1) is 34.6 Å². The zero-order valence-electron chi connectivity index (χ0n) is 10.3. The molecule has 18 heavy (non-hydrogen) atoms. The molecular weight excluding hydrogens is 268 g/mol. The van der Waals surface area contributed by atoms with Gasteiger partial charge in [-0.3, -0.25) is 0 Å². The van der Waals surface area contributed by atoms with Gasteiger partial charge in [0, 0.05) is 12.4 Å². The lowest BCUT2D eigenvalue weighted by Gasteiger charge is -2.20. The molecule has 0 aliphatic carbocycles. The van der Waals surface area contributed by atoms with Gasteiger partial charge < -0.3 is 10.0 Å². The number of benzene rings is 1. The molecule has 0 fully saturated rings. The number of nitrogens with zero attached hydrogens (tertiary/aromatic N) is 2. The van der Waals surface area contributed by atoms with E-state index in [1.54, 1.807) is 24.3 Å². The summed E-state index contributed by atoms with van der Waals surface area (Å²) >= 11 is 7.82. The highest BCUT2D eigenvalue weighted by atomic mass is 35.5. The van der Waals surface area contributed by atoms with E-state index in [1.165, 1.54) is 0 Å². The van der Waals surface area contributed by atoms with Crippen molar-refractivity contribution < 1.29 is 5.11 Å². The normalized spacial score (nSPS) is 12.4. The molecule has 2 rings (SSSR count). The molecule has 0 amide bonds. The lowest BCUT2D eigenvalue weighted by molar-refractivity contribution is 0.199. The van der Waals surface area contributed by atoms with Crippen LogP contribution in [0.3, 0.4) is 0 Å². The Bertz CT molecular complexity index is 514. The van der Waals surface area contributed by atoms with E-state index in [2.05, 4.69) is 4.98 Å². The predicted molar refractivity (Wildman–Crippen MR) is 76.3 cm³/mol. The van der Waals surface area contributed by atoms with Crippen molar-refractivity contribution in [1.29, 1.82) is 0 Å². The van der Waals surface area contributed by atoms with Gasteiger partial charge in [-0.15, -0.1) is 11.3 Å². The van der Waals surface area contributed by atoms with Crippen LogP contribution in [0.4, 0.5) is 5.69 Å². The maximum absolute atomic E-state index is 9.50. The number of hydrogen-bond acceptors (Lipinski definition) is 4. The summed E-state index contributed by atoms with van der Waals surface area (Å²) in [7, 11) is 1.97. The van der Waals surface area contributed by atoms with Crippen LogP contribution in [-0.2, 0) is 6.54 Å². The summed E-state index contributed by atoms with van der Waals surface area (Å²) in [5.74, 6) is 0. The minimum Gasteiger partial charge on any atom is -0.389 e. The first kappa shape index (κ1) is 13.3. The van der Waals surface area contributed by atoms with E-state index in [0.717, 1.165) is 23.5 Å². The first-order valence-corrected chi connectivity index (χ1v) is 6.95. The molecule has 1 aromatic carbocycles. The summed E-state index contributed by atoms with van der Waals surface area (Å²) in [6.45, 7) is 2.45. The highest BCUT2D eigenvalue weighted by Crippen LogP contribution is 2.29. The van der Waals surface area contributed by atoms with Crippen LogP contribution >= 0.6 is 22.9 Å². The highest BCUT2D eigenvalue weighted by molar-refractivity contribution is 7.07. The molecule has 0 spiro atoms.